The standard InChI is InChI=1S/C33H30NOP.2ClH.Ti/c1-25-17-20-32(36-33-23-27(18-19-31(33)35)22-26-11-5-2-6-12-26)28(21-25)24-34(29-13-7-3-8-14-29)30-15-9-4-10-16-30;;;/h2-21,23,35-36H,22,24H2,1H3;2*1H;/q;;;+2/p-2. The summed E-state index contributed by atoms with van der Waals surface area (Å²) in [4.78, 5) is 2.36. The Morgan fingerprint density at radius 1 is 0.667 bits per heavy atom. The van der Waals surface area contributed by atoms with Crippen molar-refractivity contribution >= 4 is 49.2 Å². The van der Waals surface area contributed by atoms with Gasteiger partial charge in [-0.25, -0.2) is 0 Å². The fourth-order valence-electron chi connectivity index (χ4n) is 4.46. The number of phenols is 1. The molecule has 0 aromatic heterocycles. The summed E-state index contributed by atoms with van der Waals surface area (Å²) in [6, 6.07) is 44.3. The van der Waals surface area contributed by atoms with Crippen LogP contribution in [0.3, 0.4) is 0 Å². The van der Waals surface area contributed by atoms with Gasteiger partial charge < -0.3 is 10.0 Å². The summed E-state index contributed by atoms with van der Waals surface area (Å²) in [6.45, 7) is 2.90. The van der Waals surface area contributed by atoms with Gasteiger partial charge in [-0.3, -0.25) is 0 Å². The Kier molecular flexibility index (Phi) is 11.5. The fraction of sp³-hybridized carbons (Fsp3) is 0.0909. The van der Waals surface area contributed by atoms with Crippen molar-refractivity contribution in [3.8, 4) is 5.75 Å². The molecule has 5 aromatic rings. The predicted molar refractivity (Wildman–Crippen MR) is 167 cm³/mol. The van der Waals surface area contributed by atoms with Gasteiger partial charge in [0.05, 0.1) is 0 Å². The third-order valence-corrected chi connectivity index (χ3v) is 7.73. The Labute approximate surface area is 250 Å². The van der Waals surface area contributed by atoms with Crippen LogP contribution in [0.25, 0.3) is 0 Å². The van der Waals surface area contributed by atoms with Crippen molar-refractivity contribution in [1.82, 2.24) is 0 Å². The van der Waals surface area contributed by atoms with Crippen molar-refractivity contribution in [1.29, 1.82) is 0 Å². The molecule has 0 aliphatic heterocycles. The summed E-state index contributed by atoms with van der Waals surface area (Å²) in [6.07, 6.45) is 0.856. The predicted octanol–water partition coefficient (Wildman–Crippen LogP) is 8.64. The summed E-state index contributed by atoms with van der Waals surface area (Å²) in [5, 5.41) is 13.0. The number of rotatable bonds is 8. The number of hydrogen-bond donors (Lipinski definition) is 1. The molecule has 0 saturated heterocycles. The maximum absolute atomic E-state index is 10.7. The zero-order valence-electron chi connectivity index (χ0n) is 21.7. The van der Waals surface area contributed by atoms with Gasteiger partial charge in [0.25, 0.3) is 0 Å². The Balaban J connectivity index is 0.00000112. The molecule has 6 heteroatoms. The molecular weight excluding hydrogens is 576 g/mol. The Morgan fingerprint density at radius 2 is 1.23 bits per heavy atom. The molecule has 0 amide bonds. The average molecular weight is 606 g/mol. The topological polar surface area (TPSA) is 23.5 Å². The first kappa shape index (κ1) is 29.4. The van der Waals surface area contributed by atoms with Crippen LogP contribution >= 0.6 is 27.2 Å². The number of benzene rings is 5. The van der Waals surface area contributed by atoms with E-state index in [0.29, 0.717) is 14.3 Å². The van der Waals surface area contributed by atoms with Crippen LogP contribution in [-0.2, 0) is 30.0 Å². The van der Waals surface area contributed by atoms with E-state index in [9.17, 15) is 5.11 Å². The van der Waals surface area contributed by atoms with E-state index in [1.807, 2.05) is 18.2 Å². The molecule has 0 saturated carbocycles. The summed E-state index contributed by atoms with van der Waals surface area (Å²) < 4.78 is 0. The number of halogens is 2. The molecule has 0 fully saturated rings. The third-order valence-electron chi connectivity index (χ3n) is 6.31. The number of aryl methyl sites for hydroxylation is 1. The normalized spacial score (nSPS) is 10.6. The van der Waals surface area contributed by atoms with Crippen molar-refractivity contribution in [2.45, 2.75) is 19.9 Å². The van der Waals surface area contributed by atoms with E-state index >= 15 is 0 Å². The van der Waals surface area contributed by atoms with Crippen LogP contribution in [0, 0.1) is 6.92 Å². The molecule has 2 nitrogen and oxygen atoms in total. The summed E-state index contributed by atoms with van der Waals surface area (Å²) in [5.41, 5.74) is 7.31. The van der Waals surface area contributed by atoms with Crippen molar-refractivity contribution in [2.24, 2.45) is 0 Å². The summed E-state index contributed by atoms with van der Waals surface area (Å²) in [7, 11) is 10.1. The number of hydrogen-bond acceptors (Lipinski definition) is 2. The van der Waals surface area contributed by atoms with Gasteiger partial charge in [-0.15, -0.1) is 0 Å². The molecule has 5 rings (SSSR count). The van der Waals surface area contributed by atoms with Gasteiger partial charge in [0.15, 0.2) is 0 Å². The quantitative estimate of drug-likeness (QED) is 0.141. The van der Waals surface area contributed by atoms with Crippen molar-refractivity contribution < 1.29 is 22.1 Å². The van der Waals surface area contributed by atoms with E-state index in [2.05, 4.69) is 121 Å². The molecule has 1 unspecified atom stereocenters. The molecule has 0 radical (unpaired) electrons. The minimum absolute atomic E-state index is 0.361. The van der Waals surface area contributed by atoms with Gasteiger partial charge in [-0.2, -0.15) is 0 Å². The van der Waals surface area contributed by atoms with Crippen LogP contribution in [0.1, 0.15) is 22.3 Å². The van der Waals surface area contributed by atoms with Crippen LogP contribution in [0.15, 0.2) is 127 Å². The van der Waals surface area contributed by atoms with Crippen LogP contribution in [-0.4, -0.2) is 5.11 Å². The van der Waals surface area contributed by atoms with Crippen molar-refractivity contribution in [2.75, 3.05) is 4.90 Å². The van der Waals surface area contributed by atoms with Crippen molar-refractivity contribution in [3.05, 3.63) is 150 Å². The van der Waals surface area contributed by atoms with Gasteiger partial charge in [-0.1, -0.05) is 105 Å². The van der Waals surface area contributed by atoms with Gasteiger partial charge in [0.2, 0.25) is 0 Å². The van der Waals surface area contributed by atoms with Gasteiger partial charge in [0.1, 0.15) is 5.75 Å². The molecule has 5 aromatic carbocycles. The average Bonchev–Trinajstić information content (AvgIpc) is 2.96. The molecule has 0 bridgehead atoms. The minimum atomic E-state index is -0.556. The second kappa shape index (κ2) is 15.3. The maximum atomic E-state index is 10.7. The van der Waals surface area contributed by atoms with E-state index in [4.69, 9.17) is 18.6 Å². The number of aromatic hydroxyl groups is 1. The Morgan fingerprint density at radius 3 is 1.82 bits per heavy atom. The Hall–Kier alpha value is -2.58. The second-order valence-electron chi connectivity index (χ2n) is 9.13. The van der Waals surface area contributed by atoms with Crippen LogP contribution < -0.4 is 15.5 Å². The molecule has 0 aliphatic rings. The van der Waals surface area contributed by atoms with E-state index in [1.165, 1.54) is 27.6 Å². The van der Waals surface area contributed by atoms with Gasteiger partial charge >= 0.3 is 35.6 Å². The molecule has 1 N–H and O–H groups in total. The van der Waals surface area contributed by atoms with E-state index in [1.54, 1.807) is 0 Å². The molecule has 39 heavy (non-hydrogen) atoms. The molecule has 1 atom stereocenters. The van der Waals surface area contributed by atoms with E-state index < -0.39 is 17.0 Å². The molecule has 0 spiro atoms. The van der Waals surface area contributed by atoms with Crippen LogP contribution in [0.2, 0.25) is 0 Å². The SMILES string of the molecule is Cc1ccc(Pc2cc(Cc3ccccc3)ccc2O)c(CN(c2ccccc2)c2ccccc2)c1.[Cl][Ti][Cl]. The van der Waals surface area contributed by atoms with Crippen LogP contribution in [0.4, 0.5) is 11.4 Å². The zero-order valence-corrected chi connectivity index (χ0v) is 25.8. The molecule has 196 valence electrons. The number of para-hydroxylation sites is 2. The number of anilines is 2. The summed E-state index contributed by atoms with van der Waals surface area (Å²) >= 11 is -0.556. The third kappa shape index (κ3) is 8.71. The monoisotopic (exact) mass is 605 g/mol. The molecule has 0 heterocycles. The Bertz CT molecular complexity index is 1410. The van der Waals surface area contributed by atoms with Gasteiger partial charge in [-0.05, 0) is 71.7 Å². The molecule has 0 aliphatic carbocycles. The van der Waals surface area contributed by atoms with Gasteiger partial charge in [0, 0.05) is 23.2 Å². The zero-order chi connectivity index (χ0) is 27.5. The fourth-order valence-corrected chi connectivity index (χ4v) is 5.70. The number of phenolic OH excluding ortho intramolecular Hbond substituents is 1. The second-order valence-corrected chi connectivity index (χ2v) is 13.0. The van der Waals surface area contributed by atoms with Crippen LogP contribution in [0.5, 0.6) is 5.75 Å². The van der Waals surface area contributed by atoms with Crippen molar-refractivity contribution in [3.63, 3.8) is 0 Å². The first-order valence-electron chi connectivity index (χ1n) is 12.6. The molecular formula is C33H30Cl2NOPTi. The number of nitrogens with zero attached hydrogens (tertiary/aromatic N) is 1. The van der Waals surface area contributed by atoms with E-state index in [0.717, 1.165) is 29.6 Å². The van der Waals surface area contributed by atoms with E-state index in [-0.39, 0.29) is 0 Å². The first-order chi connectivity index (χ1) is 19.1. The summed E-state index contributed by atoms with van der Waals surface area (Å²) in [5.74, 6) is 0.361. The first-order valence-corrected chi connectivity index (χ1v) is 17.9.